The number of methoxy groups -OCH3 is 1. The molecular formula is C15H19FN2O3. The standard InChI is InChI=1S/C15H19FN2O3/c1-20-13-4-2-3-10(15(13)16)7-18-6-5-12-11(8-18)17-14(19)9-21-12/h2-4,11-12H,5-9H2,1H3,(H,17,19)/t11-,12+/m0/s1. The van der Waals surface area contributed by atoms with E-state index in [0.29, 0.717) is 18.7 Å². The number of halogens is 1. The summed E-state index contributed by atoms with van der Waals surface area (Å²) in [6.07, 6.45) is 0.922. The molecule has 1 aromatic rings. The Morgan fingerprint density at radius 2 is 2.38 bits per heavy atom. The van der Waals surface area contributed by atoms with Gasteiger partial charge >= 0.3 is 0 Å². The smallest absolute Gasteiger partial charge is 0.246 e. The van der Waals surface area contributed by atoms with E-state index in [-0.39, 0.29) is 36.2 Å². The van der Waals surface area contributed by atoms with Crippen molar-refractivity contribution in [3.63, 3.8) is 0 Å². The molecule has 3 rings (SSSR count). The molecule has 114 valence electrons. The molecular weight excluding hydrogens is 275 g/mol. The number of carbonyl (C=O) groups is 1. The molecule has 2 fully saturated rings. The maximum Gasteiger partial charge on any atom is 0.246 e. The molecule has 5 nitrogen and oxygen atoms in total. The molecule has 2 aliphatic heterocycles. The zero-order chi connectivity index (χ0) is 14.8. The highest BCUT2D eigenvalue weighted by Crippen LogP contribution is 2.24. The topological polar surface area (TPSA) is 50.8 Å². The SMILES string of the molecule is COc1cccc(CN2CC[C@H]3OCC(=O)N[C@H]3C2)c1F. The molecule has 2 aliphatic rings. The van der Waals surface area contributed by atoms with Gasteiger partial charge in [0.2, 0.25) is 5.91 Å². The first-order valence-corrected chi connectivity index (χ1v) is 7.12. The van der Waals surface area contributed by atoms with Gasteiger partial charge in [0.15, 0.2) is 11.6 Å². The Morgan fingerprint density at radius 3 is 3.19 bits per heavy atom. The summed E-state index contributed by atoms with van der Waals surface area (Å²) in [6, 6.07) is 5.16. The monoisotopic (exact) mass is 294 g/mol. The Bertz CT molecular complexity index is 538. The fourth-order valence-corrected chi connectivity index (χ4v) is 2.99. The number of morpholine rings is 1. The van der Waals surface area contributed by atoms with Crippen molar-refractivity contribution in [2.75, 3.05) is 26.8 Å². The van der Waals surface area contributed by atoms with Gasteiger partial charge in [-0.3, -0.25) is 9.69 Å². The predicted molar refractivity (Wildman–Crippen MR) is 74.5 cm³/mol. The number of amides is 1. The zero-order valence-corrected chi connectivity index (χ0v) is 12.0. The number of likely N-dealkylation sites (tertiary alicyclic amines) is 1. The van der Waals surface area contributed by atoms with Crippen LogP contribution in [0.15, 0.2) is 18.2 Å². The van der Waals surface area contributed by atoms with Crippen LogP contribution in [-0.4, -0.2) is 49.8 Å². The van der Waals surface area contributed by atoms with E-state index in [1.807, 2.05) is 0 Å². The lowest BCUT2D eigenvalue weighted by atomic mass is 10.00. The van der Waals surface area contributed by atoms with Gasteiger partial charge < -0.3 is 14.8 Å². The summed E-state index contributed by atoms with van der Waals surface area (Å²) in [6.45, 7) is 2.15. The van der Waals surface area contributed by atoms with E-state index in [2.05, 4.69) is 10.2 Å². The van der Waals surface area contributed by atoms with Crippen LogP contribution in [0.1, 0.15) is 12.0 Å². The van der Waals surface area contributed by atoms with E-state index in [4.69, 9.17) is 9.47 Å². The van der Waals surface area contributed by atoms with Gasteiger partial charge in [-0.1, -0.05) is 12.1 Å². The van der Waals surface area contributed by atoms with E-state index in [1.54, 1.807) is 18.2 Å². The van der Waals surface area contributed by atoms with Gasteiger partial charge in [0.1, 0.15) is 6.61 Å². The number of hydrogen-bond donors (Lipinski definition) is 1. The van der Waals surface area contributed by atoms with E-state index < -0.39 is 0 Å². The van der Waals surface area contributed by atoms with Crippen molar-refractivity contribution in [2.24, 2.45) is 0 Å². The first kappa shape index (κ1) is 14.3. The third kappa shape index (κ3) is 3.01. The third-order valence-electron chi connectivity index (χ3n) is 4.07. The summed E-state index contributed by atoms with van der Waals surface area (Å²) in [5.74, 6) is -0.131. The zero-order valence-electron chi connectivity index (χ0n) is 12.0. The maximum absolute atomic E-state index is 14.2. The van der Waals surface area contributed by atoms with Gasteiger partial charge in [0, 0.05) is 25.2 Å². The van der Waals surface area contributed by atoms with Crippen LogP contribution in [0.25, 0.3) is 0 Å². The van der Waals surface area contributed by atoms with Crippen molar-refractivity contribution in [2.45, 2.75) is 25.1 Å². The molecule has 6 heteroatoms. The van der Waals surface area contributed by atoms with Gasteiger partial charge in [-0.25, -0.2) is 4.39 Å². The second-order valence-corrected chi connectivity index (χ2v) is 5.48. The minimum Gasteiger partial charge on any atom is -0.494 e. The van der Waals surface area contributed by atoms with Gasteiger partial charge in [-0.15, -0.1) is 0 Å². The number of benzene rings is 1. The van der Waals surface area contributed by atoms with Crippen molar-refractivity contribution in [1.82, 2.24) is 10.2 Å². The van der Waals surface area contributed by atoms with E-state index in [9.17, 15) is 9.18 Å². The lowest BCUT2D eigenvalue weighted by Gasteiger charge is -2.41. The highest BCUT2D eigenvalue weighted by atomic mass is 19.1. The van der Waals surface area contributed by atoms with Crippen LogP contribution < -0.4 is 10.1 Å². The first-order valence-electron chi connectivity index (χ1n) is 7.12. The number of nitrogens with zero attached hydrogens (tertiary/aromatic N) is 1. The van der Waals surface area contributed by atoms with E-state index in [1.165, 1.54) is 7.11 Å². The molecule has 0 unspecified atom stereocenters. The molecule has 0 bridgehead atoms. The Morgan fingerprint density at radius 1 is 1.52 bits per heavy atom. The van der Waals surface area contributed by atoms with Crippen molar-refractivity contribution < 1.29 is 18.7 Å². The van der Waals surface area contributed by atoms with Crippen molar-refractivity contribution in [3.05, 3.63) is 29.6 Å². The highest BCUT2D eigenvalue weighted by Gasteiger charge is 2.34. The van der Waals surface area contributed by atoms with Crippen LogP contribution in [0.3, 0.4) is 0 Å². The molecule has 0 spiro atoms. The number of hydrogen-bond acceptors (Lipinski definition) is 4. The second-order valence-electron chi connectivity index (χ2n) is 5.48. The quantitative estimate of drug-likeness (QED) is 0.901. The average Bonchev–Trinajstić information content (AvgIpc) is 2.49. The molecule has 0 aliphatic carbocycles. The molecule has 0 saturated carbocycles. The minimum absolute atomic E-state index is 0.00586. The summed E-state index contributed by atoms with van der Waals surface area (Å²) in [4.78, 5) is 13.5. The van der Waals surface area contributed by atoms with Gasteiger partial charge in [-0.2, -0.15) is 0 Å². The Kier molecular flexibility index (Phi) is 4.07. The van der Waals surface area contributed by atoms with Gasteiger partial charge in [-0.05, 0) is 12.5 Å². The minimum atomic E-state index is -0.314. The summed E-state index contributed by atoms with van der Waals surface area (Å²) in [7, 11) is 1.46. The van der Waals surface area contributed by atoms with E-state index >= 15 is 0 Å². The number of carbonyl (C=O) groups excluding carboxylic acids is 1. The number of fused-ring (bicyclic) bond motifs is 1. The van der Waals surface area contributed by atoms with Crippen LogP contribution in [0, 0.1) is 5.82 Å². The lowest BCUT2D eigenvalue weighted by Crippen LogP contribution is -2.60. The molecule has 0 aromatic heterocycles. The Hall–Kier alpha value is -1.66. The van der Waals surface area contributed by atoms with Crippen molar-refractivity contribution >= 4 is 5.91 Å². The highest BCUT2D eigenvalue weighted by molar-refractivity contribution is 5.78. The average molecular weight is 294 g/mol. The summed E-state index contributed by atoms with van der Waals surface area (Å²) in [5.41, 5.74) is 0.607. The predicted octanol–water partition coefficient (Wildman–Crippen LogP) is 0.924. The van der Waals surface area contributed by atoms with Crippen LogP contribution in [0.5, 0.6) is 5.75 Å². The number of piperidine rings is 1. The summed E-state index contributed by atoms with van der Waals surface area (Å²) < 4.78 is 24.7. The lowest BCUT2D eigenvalue weighted by molar-refractivity contribution is -0.140. The number of rotatable bonds is 3. The molecule has 1 aromatic carbocycles. The van der Waals surface area contributed by atoms with Crippen molar-refractivity contribution in [1.29, 1.82) is 0 Å². The van der Waals surface area contributed by atoms with Crippen molar-refractivity contribution in [3.8, 4) is 5.75 Å². The van der Waals surface area contributed by atoms with Crippen LogP contribution in [0.2, 0.25) is 0 Å². The molecule has 21 heavy (non-hydrogen) atoms. The summed E-state index contributed by atoms with van der Waals surface area (Å²) in [5, 5.41) is 2.95. The molecule has 1 amide bonds. The molecule has 0 radical (unpaired) electrons. The Balaban J connectivity index is 1.67. The molecule has 1 N–H and O–H groups in total. The number of ether oxygens (including phenoxy) is 2. The second kappa shape index (κ2) is 5.99. The Labute approximate surface area is 123 Å². The van der Waals surface area contributed by atoms with Crippen LogP contribution in [-0.2, 0) is 16.1 Å². The fraction of sp³-hybridized carbons (Fsp3) is 0.533. The van der Waals surface area contributed by atoms with Gasteiger partial charge in [0.05, 0.1) is 19.3 Å². The number of nitrogens with one attached hydrogen (secondary N) is 1. The molecule has 2 atom stereocenters. The third-order valence-corrected chi connectivity index (χ3v) is 4.07. The van der Waals surface area contributed by atoms with Crippen LogP contribution >= 0.6 is 0 Å². The molecule has 2 heterocycles. The van der Waals surface area contributed by atoms with Gasteiger partial charge in [0.25, 0.3) is 0 Å². The normalized spacial score (nSPS) is 26.1. The maximum atomic E-state index is 14.2. The first-order chi connectivity index (χ1) is 10.2. The summed E-state index contributed by atoms with van der Waals surface area (Å²) >= 11 is 0. The van der Waals surface area contributed by atoms with Crippen LogP contribution in [0.4, 0.5) is 4.39 Å². The molecule has 2 saturated heterocycles. The largest absolute Gasteiger partial charge is 0.494 e. The van der Waals surface area contributed by atoms with E-state index in [0.717, 1.165) is 13.0 Å². The fourth-order valence-electron chi connectivity index (χ4n) is 2.99.